The molecular weight excluding hydrogens is 322 g/mol. The molecule has 0 bridgehead atoms. The number of fused-ring (bicyclic) bond motifs is 1. The summed E-state index contributed by atoms with van der Waals surface area (Å²) in [5, 5.41) is 17.0. The molecule has 1 aliphatic carbocycles. The molecule has 1 amide bonds. The highest BCUT2D eigenvalue weighted by Crippen LogP contribution is 2.39. The van der Waals surface area contributed by atoms with E-state index in [1.54, 1.807) is 29.1 Å². The summed E-state index contributed by atoms with van der Waals surface area (Å²) in [6.45, 7) is 0.911. The van der Waals surface area contributed by atoms with E-state index >= 15 is 0 Å². The van der Waals surface area contributed by atoms with Crippen LogP contribution in [-0.4, -0.2) is 40.1 Å². The van der Waals surface area contributed by atoms with Gasteiger partial charge in [-0.25, -0.2) is 0 Å². The average molecular weight is 343 g/mol. The van der Waals surface area contributed by atoms with Gasteiger partial charge in [-0.3, -0.25) is 9.48 Å². The molecule has 132 valence electrons. The maximum absolute atomic E-state index is 12.9. The number of carbonyl (C=O) groups is 1. The molecule has 0 radical (unpaired) electrons. The van der Waals surface area contributed by atoms with Gasteiger partial charge in [-0.15, -0.1) is 0 Å². The Labute approximate surface area is 145 Å². The van der Waals surface area contributed by atoms with Gasteiger partial charge in [-0.05, 0) is 30.9 Å². The number of carbonyl (C=O) groups excluding carboxylic acids is 1. The summed E-state index contributed by atoms with van der Waals surface area (Å²) in [6.07, 6.45) is 4.71. The molecule has 1 aromatic heterocycles. The minimum atomic E-state index is -0.290. The lowest BCUT2D eigenvalue weighted by Gasteiger charge is -2.37. The van der Waals surface area contributed by atoms with Crippen LogP contribution in [0.25, 0.3) is 0 Å². The highest BCUT2D eigenvalue weighted by molar-refractivity contribution is 5.98. The van der Waals surface area contributed by atoms with Crippen molar-refractivity contribution >= 4 is 5.91 Å². The first-order valence-electron chi connectivity index (χ1n) is 8.48. The van der Waals surface area contributed by atoms with Gasteiger partial charge in [0, 0.05) is 18.8 Å². The lowest BCUT2D eigenvalue weighted by atomic mass is 9.75. The van der Waals surface area contributed by atoms with E-state index in [0.717, 1.165) is 5.56 Å². The molecule has 7 heteroatoms. The van der Waals surface area contributed by atoms with E-state index in [4.69, 9.17) is 9.47 Å². The topological polar surface area (TPSA) is 85.6 Å². The van der Waals surface area contributed by atoms with Gasteiger partial charge >= 0.3 is 0 Å². The Morgan fingerprint density at radius 2 is 2.16 bits per heavy atom. The zero-order valence-electron chi connectivity index (χ0n) is 14.0. The molecule has 0 spiro atoms. The molecule has 2 aromatic rings. The summed E-state index contributed by atoms with van der Waals surface area (Å²) < 4.78 is 12.9. The standard InChI is InChI=1S/C18H21N3O4/c1-21-10-12(9-19-21)16(11-7-13(22)8-11)20-18(23)14-3-2-4-15-17(14)25-6-5-24-15/h2-4,9-11,13,16,22H,5-8H2,1H3,(H,20,23)/t11?,13?,16-/m1/s1. The van der Waals surface area contributed by atoms with E-state index < -0.39 is 0 Å². The fourth-order valence-electron chi connectivity index (χ4n) is 3.45. The van der Waals surface area contributed by atoms with E-state index in [1.165, 1.54) is 0 Å². The molecule has 7 nitrogen and oxygen atoms in total. The molecule has 1 aromatic carbocycles. The fraction of sp³-hybridized carbons (Fsp3) is 0.444. The van der Waals surface area contributed by atoms with Crippen molar-refractivity contribution in [3.8, 4) is 11.5 Å². The van der Waals surface area contributed by atoms with Crippen LogP contribution in [0.15, 0.2) is 30.6 Å². The van der Waals surface area contributed by atoms with Crippen molar-refractivity contribution in [1.29, 1.82) is 0 Å². The molecule has 1 aliphatic heterocycles. The van der Waals surface area contributed by atoms with Gasteiger partial charge in [0.1, 0.15) is 13.2 Å². The van der Waals surface area contributed by atoms with Crippen molar-refractivity contribution in [3.63, 3.8) is 0 Å². The highest BCUT2D eigenvalue weighted by atomic mass is 16.6. The second-order valence-electron chi connectivity index (χ2n) is 6.61. The van der Waals surface area contributed by atoms with Crippen molar-refractivity contribution in [2.45, 2.75) is 25.0 Å². The van der Waals surface area contributed by atoms with Crippen molar-refractivity contribution in [2.24, 2.45) is 13.0 Å². The Kier molecular flexibility index (Phi) is 4.09. The maximum Gasteiger partial charge on any atom is 0.255 e. The number of ether oxygens (including phenoxy) is 2. The molecular formula is C18H21N3O4. The fourth-order valence-corrected chi connectivity index (χ4v) is 3.45. The second kappa shape index (κ2) is 6.40. The Morgan fingerprint density at radius 1 is 1.36 bits per heavy atom. The number of hydrogen-bond donors (Lipinski definition) is 2. The summed E-state index contributed by atoms with van der Waals surface area (Å²) in [6, 6.07) is 5.13. The largest absolute Gasteiger partial charge is 0.486 e. The zero-order valence-corrected chi connectivity index (χ0v) is 14.0. The summed E-state index contributed by atoms with van der Waals surface area (Å²) in [7, 11) is 1.84. The third-order valence-corrected chi connectivity index (χ3v) is 4.80. The van der Waals surface area contributed by atoms with Gasteiger partial charge in [0.25, 0.3) is 5.91 Å². The lowest BCUT2D eigenvalue weighted by molar-refractivity contribution is 0.0234. The van der Waals surface area contributed by atoms with Crippen LogP contribution < -0.4 is 14.8 Å². The zero-order chi connectivity index (χ0) is 17.4. The van der Waals surface area contributed by atoms with Crippen molar-refractivity contribution in [1.82, 2.24) is 15.1 Å². The number of hydrogen-bond acceptors (Lipinski definition) is 5. The Hall–Kier alpha value is -2.54. The number of aliphatic hydroxyl groups excluding tert-OH is 1. The first-order chi connectivity index (χ1) is 12.1. The number of amides is 1. The number of aliphatic hydroxyl groups is 1. The lowest BCUT2D eigenvalue weighted by Crippen LogP contribution is -2.41. The summed E-state index contributed by atoms with van der Waals surface area (Å²) >= 11 is 0. The number of benzene rings is 1. The van der Waals surface area contributed by atoms with Crippen LogP contribution >= 0.6 is 0 Å². The van der Waals surface area contributed by atoms with E-state index in [0.29, 0.717) is 43.1 Å². The van der Waals surface area contributed by atoms with Crippen molar-refractivity contribution in [2.75, 3.05) is 13.2 Å². The first kappa shape index (κ1) is 16.0. The van der Waals surface area contributed by atoms with Crippen LogP contribution in [-0.2, 0) is 7.05 Å². The predicted octanol–water partition coefficient (Wildman–Crippen LogP) is 1.43. The van der Waals surface area contributed by atoms with Gasteiger partial charge in [0.2, 0.25) is 0 Å². The Morgan fingerprint density at radius 3 is 2.88 bits per heavy atom. The normalized spacial score (nSPS) is 22.8. The van der Waals surface area contributed by atoms with E-state index in [1.807, 2.05) is 13.2 Å². The predicted molar refractivity (Wildman–Crippen MR) is 89.6 cm³/mol. The van der Waals surface area contributed by atoms with Crippen molar-refractivity contribution in [3.05, 3.63) is 41.7 Å². The van der Waals surface area contributed by atoms with Gasteiger partial charge < -0.3 is 19.9 Å². The first-order valence-corrected chi connectivity index (χ1v) is 8.48. The van der Waals surface area contributed by atoms with Crippen LogP contribution in [0, 0.1) is 5.92 Å². The monoisotopic (exact) mass is 343 g/mol. The quantitative estimate of drug-likeness (QED) is 0.877. The third kappa shape index (κ3) is 3.07. The van der Waals surface area contributed by atoms with Gasteiger partial charge in [-0.2, -0.15) is 5.10 Å². The number of aromatic nitrogens is 2. The van der Waals surface area contributed by atoms with E-state index in [-0.39, 0.29) is 24.0 Å². The van der Waals surface area contributed by atoms with Crippen LogP contribution in [0.4, 0.5) is 0 Å². The van der Waals surface area contributed by atoms with Gasteiger partial charge in [0.15, 0.2) is 11.5 Å². The Bertz CT molecular complexity index is 782. The van der Waals surface area contributed by atoms with Crippen LogP contribution in [0.3, 0.4) is 0 Å². The average Bonchev–Trinajstić information content (AvgIpc) is 3.02. The van der Waals surface area contributed by atoms with Crippen LogP contribution in [0.2, 0.25) is 0 Å². The molecule has 2 N–H and O–H groups in total. The summed E-state index contributed by atoms with van der Waals surface area (Å²) in [5.74, 6) is 1.07. The van der Waals surface area contributed by atoms with Crippen molar-refractivity contribution < 1.29 is 19.4 Å². The molecule has 4 rings (SSSR count). The minimum absolute atomic E-state index is 0.190. The number of nitrogens with one attached hydrogen (secondary N) is 1. The second-order valence-corrected chi connectivity index (χ2v) is 6.61. The SMILES string of the molecule is Cn1cc([C@H](NC(=O)c2cccc3c2OCCO3)C2CC(O)C2)cn1. The maximum atomic E-state index is 12.9. The Balaban J connectivity index is 1.59. The highest BCUT2D eigenvalue weighted by Gasteiger charge is 2.37. The minimum Gasteiger partial charge on any atom is -0.486 e. The molecule has 0 saturated heterocycles. The number of rotatable bonds is 4. The number of para-hydroxylation sites is 1. The molecule has 25 heavy (non-hydrogen) atoms. The van der Waals surface area contributed by atoms with Gasteiger partial charge in [-0.1, -0.05) is 6.07 Å². The summed E-state index contributed by atoms with van der Waals surface area (Å²) in [4.78, 5) is 12.9. The molecule has 1 saturated carbocycles. The van der Waals surface area contributed by atoms with E-state index in [9.17, 15) is 9.90 Å². The molecule has 2 heterocycles. The molecule has 2 aliphatic rings. The third-order valence-electron chi connectivity index (χ3n) is 4.80. The van der Waals surface area contributed by atoms with Crippen LogP contribution in [0.5, 0.6) is 11.5 Å². The smallest absolute Gasteiger partial charge is 0.255 e. The molecule has 0 unspecified atom stereocenters. The van der Waals surface area contributed by atoms with Crippen LogP contribution in [0.1, 0.15) is 34.8 Å². The molecule has 1 fully saturated rings. The molecule has 1 atom stereocenters. The number of aryl methyl sites for hydroxylation is 1. The van der Waals surface area contributed by atoms with Gasteiger partial charge in [0.05, 0.1) is 23.9 Å². The summed E-state index contributed by atoms with van der Waals surface area (Å²) in [5.41, 5.74) is 1.40. The van der Waals surface area contributed by atoms with E-state index in [2.05, 4.69) is 10.4 Å². The number of nitrogens with zero attached hydrogens (tertiary/aromatic N) is 2.